The first kappa shape index (κ1) is 21.5. The van der Waals surface area contributed by atoms with E-state index in [1.54, 1.807) is 14.0 Å². The lowest BCUT2D eigenvalue weighted by Gasteiger charge is -2.41. The van der Waals surface area contributed by atoms with Gasteiger partial charge >= 0.3 is 5.97 Å². The van der Waals surface area contributed by atoms with Crippen LogP contribution in [0.5, 0.6) is 5.75 Å². The molecule has 6 heteroatoms. The monoisotopic (exact) mass is 415 g/mol. The van der Waals surface area contributed by atoms with Gasteiger partial charge in [0.25, 0.3) is 0 Å². The average molecular weight is 416 g/mol. The zero-order chi connectivity index (χ0) is 20.9. The van der Waals surface area contributed by atoms with Crippen molar-refractivity contribution in [3.05, 3.63) is 51.7 Å². The van der Waals surface area contributed by atoms with Crippen LogP contribution in [-0.4, -0.2) is 43.5 Å². The van der Waals surface area contributed by atoms with Gasteiger partial charge in [0.2, 0.25) is 0 Å². The Morgan fingerprint density at radius 3 is 2.76 bits per heavy atom. The molecule has 0 aliphatic carbocycles. The van der Waals surface area contributed by atoms with Crippen LogP contribution in [0.1, 0.15) is 47.5 Å². The summed E-state index contributed by atoms with van der Waals surface area (Å²) in [4.78, 5) is 27.7. The quantitative estimate of drug-likeness (QED) is 0.474. The molecule has 5 nitrogen and oxygen atoms in total. The van der Waals surface area contributed by atoms with E-state index in [4.69, 9.17) is 9.47 Å². The standard InChI is InChI=1S/C23H29NO4S/c1-4-28-22(26)23(13-18-7-5-8-20(11-18)27-3)9-6-10-24(16-23)14-19-12-21(17(2)25)29-15-19/h5,7-8,11-12,15H,4,6,9-10,13-14,16H2,1-3H3/t23-/m1/s1. The Hall–Kier alpha value is -2.18. The van der Waals surface area contributed by atoms with E-state index in [2.05, 4.69) is 4.90 Å². The van der Waals surface area contributed by atoms with Crippen LogP contribution in [0, 0.1) is 5.41 Å². The molecule has 1 atom stereocenters. The van der Waals surface area contributed by atoms with E-state index in [9.17, 15) is 9.59 Å². The number of methoxy groups -OCH3 is 1. The maximum atomic E-state index is 13.0. The Balaban J connectivity index is 1.80. The lowest BCUT2D eigenvalue weighted by Crippen LogP contribution is -2.49. The van der Waals surface area contributed by atoms with Gasteiger partial charge in [-0.15, -0.1) is 11.3 Å². The van der Waals surface area contributed by atoms with E-state index >= 15 is 0 Å². The highest BCUT2D eigenvalue weighted by molar-refractivity contribution is 7.12. The number of likely N-dealkylation sites (tertiary alicyclic amines) is 1. The summed E-state index contributed by atoms with van der Waals surface area (Å²) in [5, 5.41) is 2.04. The lowest BCUT2D eigenvalue weighted by molar-refractivity contribution is -0.159. The van der Waals surface area contributed by atoms with Gasteiger partial charge in [-0.05, 0) is 74.4 Å². The van der Waals surface area contributed by atoms with Crippen LogP contribution < -0.4 is 4.74 Å². The normalized spacial score (nSPS) is 19.7. The lowest BCUT2D eigenvalue weighted by atomic mass is 9.75. The van der Waals surface area contributed by atoms with Crippen molar-refractivity contribution in [2.75, 3.05) is 26.8 Å². The third-order valence-corrected chi connectivity index (χ3v) is 6.53. The molecule has 0 N–H and O–H groups in total. The van der Waals surface area contributed by atoms with Gasteiger partial charge in [0, 0.05) is 13.1 Å². The SMILES string of the molecule is CCOC(=O)[C@@]1(Cc2cccc(OC)c2)CCCN(Cc2csc(C(C)=O)c2)C1. The Bertz CT molecular complexity index is 862. The van der Waals surface area contributed by atoms with E-state index in [0.29, 0.717) is 19.6 Å². The topological polar surface area (TPSA) is 55.8 Å². The predicted molar refractivity (Wildman–Crippen MR) is 115 cm³/mol. The molecule has 0 amide bonds. The van der Waals surface area contributed by atoms with Gasteiger partial charge in [0.15, 0.2) is 5.78 Å². The van der Waals surface area contributed by atoms with E-state index in [0.717, 1.165) is 47.7 Å². The molecule has 1 aromatic carbocycles. The summed E-state index contributed by atoms with van der Waals surface area (Å²) in [5.74, 6) is 0.769. The number of hydrogen-bond donors (Lipinski definition) is 0. The molecule has 156 valence electrons. The number of esters is 1. The predicted octanol–water partition coefficient (Wildman–Crippen LogP) is 4.35. The first-order valence-electron chi connectivity index (χ1n) is 10.1. The number of ether oxygens (including phenoxy) is 2. The summed E-state index contributed by atoms with van der Waals surface area (Å²) in [6.45, 7) is 6.15. The van der Waals surface area contributed by atoms with Gasteiger partial charge in [0.1, 0.15) is 5.75 Å². The number of ketones is 1. The van der Waals surface area contributed by atoms with Crippen LogP contribution in [0.15, 0.2) is 35.7 Å². The van der Waals surface area contributed by atoms with Crippen molar-refractivity contribution in [3.8, 4) is 5.75 Å². The number of Topliss-reactive ketones (excluding diaryl/α,β-unsaturated/α-hetero) is 1. The highest BCUT2D eigenvalue weighted by Crippen LogP contribution is 2.36. The molecule has 3 rings (SSSR count). The first-order valence-corrected chi connectivity index (χ1v) is 10.9. The van der Waals surface area contributed by atoms with Crippen LogP contribution in [-0.2, 0) is 22.5 Å². The molecule has 2 heterocycles. The van der Waals surface area contributed by atoms with Gasteiger partial charge in [-0.25, -0.2) is 0 Å². The number of hydrogen-bond acceptors (Lipinski definition) is 6. The number of rotatable bonds is 8. The summed E-state index contributed by atoms with van der Waals surface area (Å²) in [7, 11) is 1.65. The molecule has 0 radical (unpaired) electrons. The number of piperidine rings is 1. The Kier molecular flexibility index (Phi) is 7.09. The van der Waals surface area contributed by atoms with Crippen LogP contribution in [0.4, 0.5) is 0 Å². The van der Waals surface area contributed by atoms with Crippen molar-refractivity contribution >= 4 is 23.1 Å². The number of thiophene rings is 1. The molecule has 0 saturated carbocycles. The molecule has 1 aliphatic rings. The summed E-state index contributed by atoms with van der Waals surface area (Å²) >= 11 is 1.49. The molecule has 0 unspecified atom stereocenters. The number of nitrogens with zero attached hydrogens (tertiary/aromatic N) is 1. The summed E-state index contributed by atoms with van der Waals surface area (Å²) in [6.07, 6.45) is 2.37. The zero-order valence-corrected chi connectivity index (χ0v) is 18.2. The van der Waals surface area contributed by atoms with Crippen LogP contribution in [0.3, 0.4) is 0 Å². The Morgan fingerprint density at radius 2 is 2.07 bits per heavy atom. The van der Waals surface area contributed by atoms with Crippen LogP contribution in [0.2, 0.25) is 0 Å². The third kappa shape index (κ3) is 5.25. The van der Waals surface area contributed by atoms with Gasteiger partial charge in [-0.3, -0.25) is 14.5 Å². The van der Waals surface area contributed by atoms with Crippen molar-refractivity contribution in [2.24, 2.45) is 5.41 Å². The molecular weight excluding hydrogens is 386 g/mol. The molecule has 1 saturated heterocycles. The largest absolute Gasteiger partial charge is 0.497 e. The number of carbonyl (C=O) groups excluding carboxylic acids is 2. The maximum absolute atomic E-state index is 13.0. The summed E-state index contributed by atoms with van der Waals surface area (Å²) in [5.41, 5.74) is 1.63. The molecule has 0 bridgehead atoms. The van der Waals surface area contributed by atoms with Gasteiger partial charge in [-0.1, -0.05) is 12.1 Å². The molecule has 2 aromatic rings. The van der Waals surface area contributed by atoms with Crippen molar-refractivity contribution < 1.29 is 19.1 Å². The van der Waals surface area contributed by atoms with E-state index in [1.165, 1.54) is 11.3 Å². The second-order valence-corrected chi connectivity index (χ2v) is 8.63. The van der Waals surface area contributed by atoms with Crippen LogP contribution >= 0.6 is 11.3 Å². The highest BCUT2D eigenvalue weighted by atomic mass is 32.1. The van der Waals surface area contributed by atoms with E-state index in [1.807, 2.05) is 42.6 Å². The van der Waals surface area contributed by atoms with Gasteiger partial charge < -0.3 is 9.47 Å². The Labute approximate surface area is 176 Å². The Morgan fingerprint density at radius 1 is 1.24 bits per heavy atom. The maximum Gasteiger partial charge on any atom is 0.313 e. The molecule has 1 fully saturated rings. The molecular formula is C23H29NO4S. The van der Waals surface area contributed by atoms with Crippen molar-refractivity contribution in [2.45, 2.75) is 39.7 Å². The van der Waals surface area contributed by atoms with Gasteiger partial charge in [0.05, 0.1) is 24.0 Å². The molecule has 1 aliphatic heterocycles. The fourth-order valence-corrected chi connectivity index (χ4v) is 4.91. The highest BCUT2D eigenvalue weighted by Gasteiger charge is 2.43. The van der Waals surface area contributed by atoms with Crippen molar-refractivity contribution in [1.82, 2.24) is 4.90 Å². The fraction of sp³-hybridized carbons (Fsp3) is 0.478. The minimum atomic E-state index is -0.569. The van der Waals surface area contributed by atoms with E-state index < -0.39 is 5.41 Å². The zero-order valence-electron chi connectivity index (χ0n) is 17.4. The number of benzene rings is 1. The second-order valence-electron chi connectivity index (χ2n) is 7.72. The minimum absolute atomic E-state index is 0.0961. The second kappa shape index (κ2) is 9.55. The van der Waals surface area contributed by atoms with Crippen molar-refractivity contribution in [3.63, 3.8) is 0 Å². The van der Waals surface area contributed by atoms with E-state index in [-0.39, 0.29) is 11.8 Å². The summed E-state index contributed by atoms with van der Waals surface area (Å²) in [6, 6.07) is 9.88. The third-order valence-electron chi connectivity index (χ3n) is 5.45. The van der Waals surface area contributed by atoms with Crippen molar-refractivity contribution in [1.29, 1.82) is 0 Å². The molecule has 29 heavy (non-hydrogen) atoms. The van der Waals surface area contributed by atoms with Crippen LogP contribution in [0.25, 0.3) is 0 Å². The van der Waals surface area contributed by atoms with Gasteiger partial charge in [-0.2, -0.15) is 0 Å². The molecule has 1 aromatic heterocycles. The fourth-order valence-electron chi connectivity index (χ4n) is 4.10. The molecule has 0 spiro atoms. The smallest absolute Gasteiger partial charge is 0.313 e. The average Bonchev–Trinajstić information content (AvgIpc) is 3.17. The minimum Gasteiger partial charge on any atom is -0.497 e. The number of carbonyl (C=O) groups is 2. The summed E-state index contributed by atoms with van der Waals surface area (Å²) < 4.78 is 10.9. The first-order chi connectivity index (χ1) is 14.0.